The number of aromatic nitrogens is 2. The number of halogens is 2. The molecule has 0 aliphatic rings. The first-order valence-electron chi connectivity index (χ1n) is 6.73. The Hall–Kier alpha value is -1.91. The first-order chi connectivity index (χ1) is 10.1. The molecular weight excluding hydrogens is 289 g/mol. The summed E-state index contributed by atoms with van der Waals surface area (Å²) in [4.78, 5) is 4.32. The zero-order valence-electron chi connectivity index (χ0n) is 11.3. The van der Waals surface area contributed by atoms with E-state index in [9.17, 15) is 4.39 Å². The van der Waals surface area contributed by atoms with Crippen LogP contribution in [0.5, 0.6) is 0 Å². The number of nitrogens with two attached hydrogens (primary N) is 1. The summed E-state index contributed by atoms with van der Waals surface area (Å²) in [5.74, 6) is -0.384. The summed E-state index contributed by atoms with van der Waals surface area (Å²) in [6.07, 6.45) is 2.19. The van der Waals surface area contributed by atoms with Crippen LogP contribution in [0.4, 0.5) is 4.39 Å². The molecule has 108 valence electrons. The van der Waals surface area contributed by atoms with Gasteiger partial charge in [0.1, 0.15) is 5.82 Å². The molecule has 0 fully saturated rings. The molecule has 2 aromatic carbocycles. The van der Waals surface area contributed by atoms with Crippen molar-refractivity contribution in [3.05, 3.63) is 65.2 Å². The molecule has 3 rings (SSSR count). The number of benzene rings is 2. The molecule has 0 radical (unpaired) electrons. The normalized spacial score (nSPS) is 12.7. The molecule has 0 aliphatic heterocycles. The molecule has 1 unspecified atom stereocenters. The van der Waals surface area contributed by atoms with Crippen molar-refractivity contribution in [3.8, 4) is 0 Å². The highest BCUT2D eigenvalue weighted by atomic mass is 35.5. The Bertz CT molecular complexity index is 769. The minimum absolute atomic E-state index is 0.132. The standard InChI is InChI=1S/C16H15ClFN3/c17-13-5-3-4-11(16(13)18)8-12(19)9-21-10-20-14-6-1-2-7-15(14)21/h1-7,10,12H,8-9,19H2. The van der Waals surface area contributed by atoms with Crippen LogP contribution in [0, 0.1) is 5.82 Å². The molecule has 3 aromatic rings. The second-order valence-corrected chi connectivity index (χ2v) is 5.47. The Balaban J connectivity index is 1.77. The van der Waals surface area contributed by atoms with E-state index >= 15 is 0 Å². The Kier molecular flexibility index (Phi) is 3.90. The van der Waals surface area contributed by atoms with E-state index in [0.717, 1.165) is 11.0 Å². The lowest BCUT2D eigenvalue weighted by molar-refractivity contribution is 0.537. The molecule has 0 amide bonds. The Morgan fingerprint density at radius 3 is 2.86 bits per heavy atom. The van der Waals surface area contributed by atoms with Crippen LogP contribution in [0.1, 0.15) is 5.56 Å². The predicted molar refractivity (Wildman–Crippen MR) is 82.8 cm³/mol. The van der Waals surface area contributed by atoms with Crippen LogP contribution in [0.15, 0.2) is 48.8 Å². The maximum atomic E-state index is 13.9. The van der Waals surface area contributed by atoms with Gasteiger partial charge in [-0.2, -0.15) is 0 Å². The van der Waals surface area contributed by atoms with Crippen molar-refractivity contribution in [1.29, 1.82) is 0 Å². The van der Waals surface area contributed by atoms with Gasteiger partial charge >= 0.3 is 0 Å². The number of nitrogens with zero attached hydrogens (tertiary/aromatic N) is 2. The molecule has 5 heteroatoms. The number of para-hydroxylation sites is 2. The first kappa shape index (κ1) is 14.0. The van der Waals surface area contributed by atoms with Gasteiger partial charge in [0.25, 0.3) is 0 Å². The highest BCUT2D eigenvalue weighted by molar-refractivity contribution is 6.30. The third kappa shape index (κ3) is 2.91. The number of hydrogen-bond donors (Lipinski definition) is 1. The lowest BCUT2D eigenvalue weighted by atomic mass is 10.1. The molecule has 0 bridgehead atoms. The summed E-state index contributed by atoms with van der Waals surface area (Å²) in [6, 6.07) is 12.6. The second-order valence-electron chi connectivity index (χ2n) is 5.06. The summed E-state index contributed by atoms with van der Waals surface area (Å²) < 4.78 is 15.9. The van der Waals surface area contributed by atoms with Gasteiger partial charge in [-0.3, -0.25) is 0 Å². The van der Waals surface area contributed by atoms with Crippen molar-refractivity contribution in [2.75, 3.05) is 0 Å². The van der Waals surface area contributed by atoms with E-state index in [2.05, 4.69) is 4.98 Å². The van der Waals surface area contributed by atoms with Gasteiger partial charge in [-0.1, -0.05) is 35.9 Å². The smallest absolute Gasteiger partial charge is 0.145 e. The van der Waals surface area contributed by atoms with Crippen molar-refractivity contribution < 1.29 is 4.39 Å². The van der Waals surface area contributed by atoms with E-state index in [1.807, 2.05) is 28.8 Å². The molecule has 0 saturated heterocycles. The van der Waals surface area contributed by atoms with Gasteiger partial charge < -0.3 is 10.3 Å². The number of imidazole rings is 1. The Labute approximate surface area is 127 Å². The summed E-state index contributed by atoms with van der Waals surface area (Å²) in [5.41, 5.74) is 8.65. The van der Waals surface area contributed by atoms with Gasteiger partial charge in [0, 0.05) is 12.6 Å². The monoisotopic (exact) mass is 303 g/mol. The molecular formula is C16H15ClFN3. The molecule has 1 heterocycles. The topological polar surface area (TPSA) is 43.8 Å². The largest absolute Gasteiger partial charge is 0.329 e. The van der Waals surface area contributed by atoms with E-state index in [0.29, 0.717) is 18.5 Å². The van der Waals surface area contributed by atoms with Crippen molar-refractivity contribution in [3.63, 3.8) is 0 Å². The Morgan fingerprint density at radius 2 is 2.00 bits per heavy atom. The fraction of sp³-hybridized carbons (Fsp3) is 0.188. The molecule has 21 heavy (non-hydrogen) atoms. The minimum Gasteiger partial charge on any atom is -0.329 e. The SMILES string of the molecule is NC(Cc1cccc(Cl)c1F)Cn1cnc2ccccc21. The second kappa shape index (κ2) is 5.84. The molecule has 1 aromatic heterocycles. The summed E-state index contributed by atoms with van der Waals surface area (Å²) in [5, 5.41) is 0.132. The fourth-order valence-corrected chi connectivity index (χ4v) is 2.66. The van der Waals surface area contributed by atoms with E-state index in [1.54, 1.807) is 18.5 Å². The molecule has 0 saturated carbocycles. The number of fused-ring (bicyclic) bond motifs is 1. The lowest BCUT2D eigenvalue weighted by Crippen LogP contribution is -2.28. The van der Waals surface area contributed by atoms with Crippen LogP contribution in [0.2, 0.25) is 5.02 Å². The van der Waals surface area contributed by atoms with Crippen molar-refractivity contribution in [2.45, 2.75) is 19.0 Å². The number of hydrogen-bond acceptors (Lipinski definition) is 2. The number of rotatable bonds is 4. The van der Waals surface area contributed by atoms with Gasteiger partial charge in [-0.15, -0.1) is 0 Å². The average molecular weight is 304 g/mol. The van der Waals surface area contributed by atoms with Crippen LogP contribution in [0.3, 0.4) is 0 Å². The predicted octanol–water partition coefficient (Wildman–Crippen LogP) is 3.40. The van der Waals surface area contributed by atoms with Crippen molar-refractivity contribution >= 4 is 22.6 Å². The van der Waals surface area contributed by atoms with Crippen molar-refractivity contribution in [2.24, 2.45) is 5.73 Å². The quantitative estimate of drug-likeness (QED) is 0.803. The highest BCUT2D eigenvalue weighted by Gasteiger charge is 2.12. The zero-order chi connectivity index (χ0) is 14.8. The first-order valence-corrected chi connectivity index (χ1v) is 7.11. The molecule has 2 N–H and O–H groups in total. The maximum Gasteiger partial charge on any atom is 0.145 e. The van der Waals surface area contributed by atoms with Crippen LogP contribution in [0.25, 0.3) is 11.0 Å². The maximum absolute atomic E-state index is 13.9. The average Bonchev–Trinajstić information content (AvgIpc) is 2.87. The van der Waals surface area contributed by atoms with Gasteiger partial charge in [0.2, 0.25) is 0 Å². The lowest BCUT2D eigenvalue weighted by Gasteiger charge is -2.14. The third-order valence-corrected chi connectivity index (χ3v) is 3.76. The molecule has 0 spiro atoms. The summed E-state index contributed by atoms with van der Waals surface area (Å²) in [7, 11) is 0. The van der Waals surface area contributed by atoms with Gasteiger partial charge in [0.15, 0.2) is 0 Å². The van der Waals surface area contributed by atoms with E-state index < -0.39 is 0 Å². The van der Waals surface area contributed by atoms with Crippen LogP contribution in [-0.4, -0.2) is 15.6 Å². The van der Waals surface area contributed by atoms with Crippen LogP contribution in [-0.2, 0) is 13.0 Å². The minimum atomic E-state index is -0.384. The molecule has 0 aliphatic carbocycles. The van der Waals surface area contributed by atoms with Crippen LogP contribution >= 0.6 is 11.6 Å². The van der Waals surface area contributed by atoms with Gasteiger partial charge in [-0.05, 0) is 30.2 Å². The zero-order valence-corrected chi connectivity index (χ0v) is 12.1. The highest BCUT2D eigenvalue weighted by Crippen LogP contribution is 2.19. The Morgan fingerprint density at radius 1 is 1.19 bits per heavy atom. The molecule has 3 nitrogen and oxygen atoms in total. The van der Waals surface area contributed by atoms with Crippen molar-refractivity contribution in [1.82, 2.24) is 9.55 Å². The van der Waals surface area contributed by atoms with Crippen LogP contribution < -0.4 is 5.73 Å². The van der Waals surface area contributed by atoms with E-state index in [4.69, 9.17) is 17.3 Å². The van der Waals surface area contributed by atoms with E-state index in [-0.39, 0.29) is 16.9 Å². The van der Waals surface area contributed by atoms with Gasteiger partial charge in [0.05, 0.1) is 22.4 Å². The summed E-state index contributed by atoms with van der Waals surface area (Å²) in [6.45, 7) is 0.576. The third-order valence-electron chi connectivity index (χ3n) is 3.47. The molecule has 1 atom stereocenters. The van der Waals surface area contributed by atoms with E-state index in [1.165, 1.54) is 6.07 Å². The fourth-order valence-electron chi connectivity index (χ4n) is 2.46. The summed E-state index contributed by atoms with van der Waals surface area (Å²) >= 11 is 5.79. The van der Waals surface area contributed by atoms with Gasteiger partial charge in [-0.25, -0.2) is 9.37 Å².